The molecule has 42 heavy (non-hydrogen) atoms. The third-order valence-corrected chi connectivity index (χ3v) is 8.94. The molecule has 0 radical (unpaired) electrons. The van der Waals surface area contributed by atoms with Crippen molar-refractivity contribution >= 4 is 50.7 Å². The van der Waals surface area contributed by atoms with Gasteiger partial charge in [0.1, 0.15) is 0 Å². The first-order chi connectivity index (χ1) is 20.2. The van der Waals surface area contributed by atoms with E-state index in [1.165, 1.54) is 30.9 Å². The number of esters is 1. The van der Waals surface area contributed by atoms with E-state index in [0.717, 1.165) is 43.0 Å². The third-order valence-electron chi connectivity index (χ3n) is 7.27. The van der Waals surface area contributed by atoms with Gasteiger partial charge in [0.2, 0.25) is 0 Å². The van der Waals surface area contributed by atoms with E-state index in [0.29, 0.717) is 42.1 Å². The number of thiazole rings is 1. The van der Waals surface area contributed by atoms with Gasteiger partial charge in [0.05, 0.1) is 47.6 Å². The Morgan fingerprint density at radius 3 is 2.52 bits per heavy atom. The number of carbonyl (C=O) groups excluding carboxylic acids is 1. The highest BCUT2D eigenvalue weighted by Crippen LogP contribution is 2.41. The molecule has 0 saturated carbocycles. The molecule has 2 aliphatic rings. The average molecular weight is 658 g/mol. The summed E-state index contributed by atoms with van der Waals surface area (Å²) >= 11 is 4.76. The van der Waals surface area contributed by atoms with Gasteiger partial charge in [-0.25, -0.2) is 9.79 Å². The monoisotopic (exact) mass is 656 g/mol. The maximum absolute atomic E-state index is 14.2. The molecule has 3 heterocycles. The number of rotatable bonds is 8. The Morgan fingerprint density at radius 2 is 1.88 bits per heavy atom. The van der Waals surface area contributed by atoms with Crippen LogP contribution in [0.5, 0.6) is 11.5 Å². The molecule has 1 fully saturated rings. The fraction of sp³-hybridized carbons (Fsp3) is 0.345. The van der Waals surface area contributed by atoms with E-state index in [-0.39, 0.29) is 17.9 Å². The molecule has 2 aliphatic heterocycles. The summed E-state index contributed by atoms with van der Waals surface area (Å²) < 4.78 is 18.7. The standard InChI is InChI=1S/C29H29BrN4O7S/c1-5-41-28(36)25-16(2)31-29-33(26(25)19-14-22(39-3)23(40-4)15-20(19)30)27(35)24(42-29)13-17-12-18(34(37)38)8-9-21(17)32-10-6-7-11-32/h8-9,12-15,26H,5-7,10-11H2,1-4H3/b24-13+/t26-/m1/s1. The van der Waals surface area contributed by atoms with Crippen molar-refractivity contribution in [2.24, 2.45) is 4.99 Å². The number of benzene rings is 2. The van der Waals surface area contributed by atoms with E-state index in [1.54, 1.807) is 38.1 Å². The van der Waals surface area contributed by atoms with Crippen molar-refractivity contribution in [2.75, 3.05) is 38.8 Å². The summed E-state index contributed by atoms with van der Waals surface area (Å²) in [5.74, 6) is 0.302. The largest absolute Gasteiger partial charge is 0.493 e. The van der Waals surface area contributed by atoms with Crippen LogP contribution in [0.3, 0.4) is 0 Å². The molecule has 0 aliphatic carbocycles. The second kappa shape index (κ2) is 12.1. The van der Waals surface area contributed by atoms with Crippen molar-refractivity contribution in [3.05, 3.63) is 87.0 Å². The molecule has 0 bridgehead atoms. The Kier molecular flexibility index (Phi) is 8.50. The summed E-state index contributed by atoms with van der Waals surface area (Å²) in [6.45, 7) is 5.22. The van der Waals surface area contributed by atoms with E-state index in [1.807, 2.05) is 0 Å². The van der Waals surface area contributed by atoms with Gasteiger partial charge in [-0.1, -0.05) is 27.3 Å². The van der Waals surface area contributed by atoms with Crippen molar-refractivity contribution in [1.29, 1.82) is 0 Å². The maximum Gasteiger partial charge on any atom is 0.338 e. The van der Waals surface area contributed by atoms with Crippen molar-refractivity contribution in [3.8, 4) is 11.5 Å². The number of hydrogen-bond acceptors (Lipinski definition) is 10. The lowest BCUT2D eigenvalue weighted by atomic mass is 9.95. The summed E-state index contributed by atoms with van der Waals surface area (Å²) in [5, 5.41) is 11.6. The van der Waals surface area contributed by atoms with E-state index in [4.69, 9.17) is 14.2 Å². The van der Waals surface area contributed by atoms with E-state index < -0.39 is 22.5 Å². The van der Waals surface area contributed by atoms with Crippen LogP contribution >= 0.6 is 27.3 Å². The second-order valence-electron chi connectivity index (χ2n) is 9.73. The average Bonchev–Trinajstić information content (AvgIpc) is 3.60. The van der Waals surface area contributed by atoms with Gasteiger partial charge < -0.3 is 19.1 Å². The molecule has 0 unspecified atom stereocenters. The van der Waals surface area contributed by atoms with Crippen molar-refractivity contribution in [2.45, 2.75) is 32.7 Å². The Labute approximate surface area is 253 Å². The first kappa shape index (κ1) is 29.5. The predicted molar refractivity (Wildman–Crippen MR) is 162 cm³/mol. The number of allylic oxidation sites excluding steroid dienone is 1. The van der Waals surface area contributed by atoms with Crippen LogP contribution in [0.4, 0.5) is 11.4 Å². The van der Waals surface area contributed by atoms with E-state index in [9.17, 15) is 19.7 Å². The molecule has 220 valence electrons. The minimum Gasteiger partial charge on any atom is -0.493 e. The Morgan fingerprint density at radius 1 is 1.19 bits per heavy atom. The smallest absolute Gasteiger partial charge is 0.338 e. The van der Waals surface area contributed by atoms with Crippen LogP contribution in [0.1, 0.15) is 43.9 Å². The maximum atomic E-state index is 14.2. The topological polar surface area (TPSA) is 126 Å². The number of non-ortho nitro benzene ring substituents is 1. The van der Waals surface area contributed by atoms with Crippen molar-refractivity contribution < 1.29 is 23.9 Å². The van der Waals surface area contributed by atoms with Crippen LogP contribution in [-0.4, -0.2) is 49.4 Å². The molecule has 2 aromatic carbocycles. The second-order valence-corrected chi connectivity index (χ2v) is 11.6. The zero-order valence-electron chi connectivity index (χ0n) is 23.5. The molecule has 1 saturated heterocycles. The van der Waals surface area contributed by atoms with E-state index in [2.05, 4.69) is 25.8 Å². The summed E-state index contributed by atoms with van der Waals surface area (Å²) in [5.41, 5.74) is 2.15. The molecule has 13 heteroatoms. The number of nitrogens with zero attached hydrogens (tertiary/aromatic N) is 4. The normalized spacial score (nSPS) is 16.7. The number of halogens is 1. The highest BCUT2D eigenvalue weighted by Gasteiger charge is 2.35. The SMILES string of the molecule is CCOC(=O)C1=C(C)N=c2s/c(=C/c3cc([N+](=O)[O-])ccc3N3CCCC3)c(=O)n2[C@@H]1c1cc(OC)c(OC)cc1Br. The summed E-state index contributed by atoms with van der Waals surface area (Å²) in [7, 11) is 3.02. The Hall–Kier alpha value is -3.97. The van der Waals surface area contributed by atoms with Crippen molar-refractivity contribution in [1.82, 2.24) is 4.57 Å². The van der Waals surface area contributed by atoms with Crippen LogP contribution in [0.2, 0.25) is 0 Å². The highest BCUT2D eigenvalue weighted by molar-refractivity contribution is 9.10. The van der Waals surface area contributed by atoms with Crippen LogP contribution in [0.25, 0.3) is 6.08 Å². The molecule has 0 spiro atoms. The lowest BCUT2D eigenvalue weighted by Crippen LogP contribution is -2.40. The number of aromatic nitrogens is 1. The summed E-state index contributed by atoms with van der Waals surface area (Å²) in [6.07, 6.45) is 3.72. The zero-order chi connectivity index (χ0) is 30.1. The number of anilines is 1. The third kappa shape index (κ3) is 5.34. The number of methoxy groups -OCH3 is 2. The fourth-order valence-corrected chi connectivity index (χ4v) is 6.90. The Balaban J connectivity index is 1.77. The van der Waals surface area contributed by atoms with Gasteiger partial charge in [-0.15, -0.1) is 0 Å². The fourth-order valence-electron chi connectivity index (χ4n) is 5.32. The number of nitro groups is 1. The molecule has 0 N–H and O–H groups in total. The lowest BCUT2D eigenvalue weighted by molar-refractivity contribution is -0.384. The minimum atomic E-state index is -0.889. The van der Waals surface area contributed by atoms with Crippen molar-refractivity contribution in [3.63, 3.8) is 0 Å². The van der Waals surface area contributed by atoms with Gasteiger partial charge >= 0.3 is 5.97 Å². The van der Waals surface area contributed by atoms with E-state index >= 15 is 0 Å². The molecule has 1 atom stereocenters. The number of fused-ring (bicyclic) bond motifs is 1. The van der Waals surface area contributed by atoms with Crippen LogP contribution < -0.4 is 29.3 Å². The quantitative estimate of drug-likeness (QED) is 0.202. The number of hydrogen-bond donors (Lipinski definition) is 0. The van der Waals surface area contributed by atoms with Gasteiger partial charge in [-0.05, 0) is 56.5 Å². The first-order valence-electron chi connectivity index (χ1n) is 13.3. The minimum absolute atomic E-state index is 0.0652. The predicted octanol–water partition coefficient (Wildman–Crippen LogP) is 4.09. The summed E-state index contributed by atoms with van der Waals surface area (Å²) in [6, 6.07) is 7.25. The van der Waals surface area contributed by atoms with Gasteiger partial charge in [0, 0.05) is 40.9 Å². The number of ether oxygens (including phenoxy) is 3. The van der Waals surface area contributed by atoms with Gasteiger partial charge in [-0.2, -0.15) is 0 Å². The van der Waals surface area contributed by atoms with Crippen LogP contribution in [0.15, 0.2) is 55.9 Å². The molecule has 3 aromatic rings. The summed E-state index contributed by atoms with van der Waals surface area (Å²) in [4.78, 5) is 45.8. The van der Waals surface area contributed by atoms with Gasteiger partial charge in [-0.3, -0.25) is 19.5 Å². The zero-order valence-corrected chi connectivity index (χ0v) is 25.9. The molecular formula is C29H29BrN4O7S. The Bertz CT molecular complexity index is 1790. The first-order valence-corrected chi connectivity index (χ1v) is 14.9. The van der Waals surface area contributed by atoms with Gasteiger partial charge in [0.25, 0.3) is 11.2 Å². The van der Waals surface area contributed by atoms with Gasteiger partial charge in [0.15, 0.2) is 16.3 Å². The molecule has 1 aromatic heterocycles. The molecule has 5 rings (SSSR count). The number of carbonyl (C=O) groups is 1. The van der Waals surface area contributed by atoms with Crippen LogP contribution in [-0.2, 0) is 9.53 Å². The number of nitro benzene ring substituents is 1. The highest BCUT2D eigenvalue weighted by atomic mass is 79.9. The molecular weight excluding hydrogens is 628 g/mol. The van der Waals surface area contributed by atoms with Crippen LogP contribution in [0, 0.1) is 10.1 Å². The molecule has 0 amide bonds. The molecule has 11 nitrogen and oxygen atoms in total. The lowest BCUT2D eigenvalue weighted by Gasteiger charge is -2.26.